The molecule has 6 heteroatoms. The second-order valence-electron chi connectivity index (χ2n) is 6.39. The summed E-state index contributed by atoms with van der Waals surface area (Å²) in [6.07, 6.45) is 0.441. The zero-order valence-corrected chi connectivity index (χ0v) is 15.4. The van der Waals surface area contributed by atoms with E-state index < -0.39 is 0 Å². The van der Waals surface area contributed by atoms with Crippen LogP contribution in [0.2, 0.25) is 0 Å². The van der Waals surface area contributed by atoms with Crippen molar-refractivity contribution in [3.8, 4) is 6.07 Å². The second-order valence-corrected chi connectivity index (χ2v) is 6.39. The van der Waals surface area contributed by atoms with E-state index in [9.17, 15) is 4.79 Å². The zero-order chi connectivity index (χ0) is 19.1. The fraction of sp³-hybridized carbons (Fsp3) is 0.286. The summed E-state index contributed by atoms with van der Waals surface area (Å²) in [5.74, 6) is 0.802. The van der Waals surface area contributed by atoms with Crippen molar-refractivity contribution in [3.63, 3.8) is 0 Å². The lowest BCUT2D eigenvalue weighted by Crippen LogP contribution is -2.44. The molecule has 1 atom stereocenters. The predicted molar refractivity (Wildman–Crippen MR) is 106 cm³/mol. The average molecular weight is 361 g/mol. The number of hydrogen-bond acceptors (Lipinski definition) is 3. The Morgan fingerprint density at radius 1 is 1.22 bits per heavy atom. The van der Waals surface area contributed by atoms with Gasteiger partial charge >= 0.3 is 0 Å². The lowest BCUT2D eigenvalue weighted by atomic mass is 10.1. The number of hydrogen-bond donors (Lipinski definition) is 2. The van der Waals surface area contributed by atoms with Crippen molar-refractivity contribution in [2.45, 2.75) is 25.9 Å². The van der Waals surface area contributed by atoms with E-state index in [1.165, 1.54) is 0 Å². The van der Waals surface area contributed by atoms with Crippen LogP contribution >= 0.6 is 0 Å². The summed E-state index contributed by atoms with van der Waals surface area (Å²) in [7, 11) is 0. The van der Waals surface area contributed by atoms with E-state index in [0.29, 0.717) is 31.0 Å². The van der Waals surface area contributed by atoms with E-state index in [2.05, 4.69) is 21.7 Å². The SMILES string of the molecule is CCNC(=NCc1ccc(C#N)cc1)NC1CC(=O)N(c2ccccc2)C1. The molecule has 1 aliphatic heterocycles. The van der Waals surface area contributed by atoms with Crippen molar-refractivity contribution < 1.29 is 4.79 Å². The maximum Gasteiger partial charge on any atom is 0.229 e. The number of anilines is 1. The van der Waals surface area contributed by atoms with Crippen LogP contribution in [-0.2, 0) is 11.3 Å². The van der Waals surface area contributed by atoms with Crippen LogP contribution in [0.25, 0.3) is 0 Å². The molecule has 0 aromatic heterocycles. The molecule has 0 saturated carbocycles. The molecule has 138 valence electrons. The van der Waals surface area contributed by atoms with Crippen LogP contribution in [-0.4, -0.2) is 31.0 Å². The quantitative estimate of drug-likeness (QED) is 0.633. The number of benzene rings is 2. The molecule has 0 aliphatic carbocycles. The van der Waals surface area contributed by atoms with Gasteiger partial charge in [-0.15, -0.1) is 0 Å². The molecule has 1 fully saturated rings. The van der Waals surface area contributed by atoms with Gasteiger partial charge in [-0.05, 0) is 36.8 Å². The first kappa shape index (κ1) is 18.5. The normalized spacial score (nSPS) is 16.9. The fourth-order valence-corrected chi connectivity index (χ4v) is 3.03. The van der Waals surface area contributed by atoms with Gasteiger partial charge in [-0.2, -0.15) is 5.26 Å². The van der Waals surface area contributed by atoms with Crippen LogP contribution in [0.1, 0.15) is 24.5 Å². The number of carbonyl (C=O) groups is 1. The van der Waals surface area contributed by atoms with E-state index in [0.717, 1.165) is 17.8 Å². The summed E-state index contributed by atoms with van der Waals surface area (Å²) in [4.78, 5) is 18.8. The second kappa shape index (κ2) is 8.86. The Kier molecular flexibility index (Phi) is 6.06. The molecule has 27 heavy (non-hydrogen) atoms. The number of nitrogens with one attached hydrogen (secondary N) is 2. The van der Waals surface area contributed by atoms with Crippen LogP contribution in [0.5, 0.6) is 0 Å². The Morgan fingerprint density at radius 3 is 2.63 bits per heavy atom. The fourth-order valence-electron chi connectivity index (χ4n) is 3.03. The van der Waals surface area contributed by atoms with Crippen LogP contribution in [0.15, 0.2) is 59.6 Å². The summed E-state index contributed by atoms with van der Waals surface area (Å²) in [5.41, 5.74) is 2.59. The van der Waals surface area contributed by atoms with Crippen LogP contribution in [0, 0.1) is 11.3 Å². The van der Waals surface area contributed by atoms with Crippen LogP contribution in [0.3, 0.4) is 0 Å². The number of amides is 1. The van der Waals surface area contributed by atoms with Gasteiger partial charge in [0.25, 0.3) is 0 Å². The largest absolute Gasteiger partial charge is 0.357 e. The van der Waals surface area contributed by atoms with Gasteiger partial charge in [0.05, 0.1) is 24.2 Å². The summed E-state index contributed by atoms with van der Waals surface area (Å²) in [6, 6.07) is 19.2. The third-order valence-corrected chi connectivity index (χ3v) is 4.38. The van der Waals surface area contributed by atoms with Gasteiger partial charge in [-0.1, -0.05) is 30.3 Å². The Balaban J connectivity index is 1.63. The van der Waals surface area contributed by atoms with E-state index in [1.54, 1.807) is 12.1 Å². The molecule has 1 saturated heterocycles. The smallest absolute Gasteiger partial charge is 0.229 e. The highest BCUT2D eigenvalue weighted by atomic mass is 16.2. The molecule has 2 aromatic rings. The van der Waals surface area contributed by atoms with Gasteiger partial charge < -0.3 is 15.5 Å². The van der Waals surface area contributed by atoms with Gasteiger partial charge in [-0.3, -0.25) is 4.79 Å². The summed E-state index contributed by atoms with van der Waals surface area (Å²) in [6.45, 7) is 3.87. The van der Waals surface area contributed by atoms with E-state index in [4.69, 9.17) is 5.26 Å². The first-order valence-corrected chi connectivity index (χ1v) is 9.09. The topological polar surface area (TPSA) is 80.5 Å². The molecule has 2 N–H and O–H groups in total. The molecular formula is C21H23N5O. The third kappa shape index (κ3) is 4.85. The van der Waals surface area contributed by atoms with Crippen molar-refractivity contribution in [2.24, 2.45) is 4.99 Å². The molecular weight excluding hydrogens is 338 g/mol. The van der Waals surface area contributed by atoms with Crippen molar-refractivity contribution in [1.29, 1.82) is 5.26 Å². The minimum absolute atomic E-state index is 0.0106. The summed E-state index contributed by atoms with van der Waals surface area (Å²) >= 11 is 0. The monoisotopic (exact) mass is 361 g/mol. The minimum Gasteiger partial charge on any atom is -0.357 e. The first-order chi connectivity index (χ1) is 13.2. The van der Waals surface area contributed by atoms with Gasteiger partial charge in [0, 0.05) is 25.2 Å². The highest BCUT2D eigenvalue weighted by Crippen LogP contribution is 2.20. The number of aliphatic imine (C=N–C) groups is 1. The standard InChI is InChI=1S/C21H23N5O/c1-2-23-21(24-14-17-10-8-16(13-22)9-11-17)25-18-12-20(27)26(15-18)19-6-4-3-5-7-19/h3-11,18H,2,12,14-15H2,1H3,(H2,23,24,25). The van der Waals surface area contributed by atoms with Gasteiger partial charge in [-0.25, -0.2) is 4.99 Å². The highest BCUT2D eigenvalue weighted by Gasteiger charge is 2.30. The average Bonchev–Trinajstić information content (AvgIpc) is 3.07. The number of nitrogens with zero attached hydrogens (tertiary/aromatic N) is 3. The zero-order valence-electron chi connectivity index (χ0n) is 15.4. The predicted octanol–water partition coefficient (Wildman–Crippen LogP) is 2.42. The molecule has 1 aliphatic rings. The molecule has 2 aromatic carbocycles. The first-order valence-electron chi connectivity index (χ1n) is 9.09. The van der Waals surface area contributed by atoms with E-state index in [-0.39, 0.29) is 11.9 Å². The summed E-state index contributed by atoms with van der Waals surface area (Å²) in [5, 5.41) is 15.5. The highest BCUT2D eigenvalue weighted by molar-refractivity contribution is 5.97. The van der Waals surface area contributed by atoms with Crippen molar-refractivity contribution in [3.05, 3.63) is 65.7 Å². The minimum atomic E-state index is 0.0106. The number of guanidine groups is 1. The van der Waals surface area contributed by atoms with Crippen molar-refractivity contribution in [1.82, 2.24) is 10.6 Å². The Labute approximate surface area is 159 Å². The Morgan fingerprint density at radius 2 is 1.96 bits per heavy atom. The number of para-hydroxylation sites is 1. The Hall–Kier alpha value is -3.33. The molecule has 0 bridgehead atoms. The number of carbonyl (C=O) groups excluding carboxylic acids is 1. The van der Waals surface area contributed by atoms with Crippen LogP contribution in [0.4, 0.5) is 5.69 Å². The number of nitriles is 1. The third-order valence-electron chi connectivity index (χ3n) is 4.38. The number of rotatable bonds is 5. The van der Waals surface area contributed by atoms with Gasteiger partial charge in [0.15, 0.2) is 5.96 Å². The lowest BCUT2D eigenvalue weighted by Gasteiger charge is -2.19. The molecule has 6 nitrogen and oxygen atoms in total. The van der Waals surface area contributed by atoms with Crippen molar-refractivity contribution >= 4 is 17.6 Å². The lowest BCUT2D eigenvalue weighted by molar-refractivity contribution is -0.117. The van der Waals surface area contributed by atoms with E-state index >= 15 is 0 Å². The summed E-state index contributed by atoms with van der Waals surface area (Å²) < 4.78 is 0. The maximum absolute atomic E-state index is 12.4. The van der Waals surface area contributed by atoms with Crippen molar-refractivity contribution in [2.75, 3.05) is 18.0 Å². The van der Waals surface area contributed by atoms with Gasteiger partial charge in [0.2, 0.25) is 5.91 Å². The molecule has 0 spiro atoms. The molecule has 1 heterocycles. The molecule has 1 amide bonds. The molecule has 0 radical (unpaired) electrons. The maximum atomic E-state index is 12.4. The molecule has 3 rings (SSSR count). The molecule has 1 unspecified atom stereocenters. The van der Waals surface area contributed by atoms with Crippen LogP contribution < -0.4 is 15.5 Å². The van der Waals surface area contributed by atoms with Gasteiger partial charge in [0.1, 0.15) is 0 Å². The Bertz CT molecular complexity index is 839. The van der Waals surface area contributed by atoms with E-state index in [1.807, 2.05) is 54.3 Å².